The molecule has 0 spiro atoms. The van der Waals surface area contributed by atoms with E-state index in [2.05, 4.69) is 126 Å². The molecule has 254 valence electrons. The lowest BCUT2D eigenvalue weighted by Crippen LogP contribution is -2.49. The zero-order valence-corrected chi connectivity index (χ0v) is 30.7. The summed E-state index contributed by atoms with van der Waals surface area (Å²) in [7, 11) is 0. The number of carbonyl (C=O) groups is 1. The summed E-state index contributed by atoms with van der Waals surface area (Å²) >= 11 is 0. The number of hydrogen-bond donors (Lipinski definition) is 0. The lowest BCUT2D eigenvalue weighted by Gasteiger charge is -2.43. The number of fused-ring (bicyclic) bond motifs is 4. The third kappa shape index (κ3) is 5.56. The Morgan fingerprint density at radius 1 is 0.898 bits per heavy atom. The molecule has 5 heteroatoms. The molecule has 0 saturated heterocycles. The monoisotopic (exact) mass is 655 g/mol. The number of rotatable bonds is 6. The SMILES string of the molecule is CCN1c2cc3c(cc2C(C)=CC1(C)C)C(c1ccccc1C(=O)OCC1CC=CCC1C)=c1cc2c(cc1O3)=[N+](CC)C(C)(C)C=C2C. The summed E-state index contributed by atoms with van der Waals surface area (Å²) in [5.74, 6) is 2.16. The van der Waals surface area contributed by atoms with E-state index in [9.17, 15) is 4.79 Å². The van der Waals surface area contributed by atoms with Crippen molar-refractivity contribution in [2.75, 3.05) is 24.6 Å². The van der Waals surface area contributed by atoms with Crippen molar-refractivity contribution in [3.63, 3.8) is 0 Å². The van der Waals surface area contributed by atoms with Crippen LogP contribution in [0.15, 0.2) is 72.8 Å². The van der Waals surface area contributed by atoms with Crippen LogP contribution in [0, 0.1) is 11.8 Å². The van der Waals surface area contributed by atoms with E-state index in [0.29, 0.717) is 24.0 Å². The quantitative estimate of drug-likeness (QED) is 0.119. The molecule has 0 fully saturated rings. The zero-order valence-electron chi connectivity index (χ0n) is 30.7. The molecule has 0 amide bonds. The highest BCUT2D eigenvalue weighted by Crippen LogP contribution is 2.46. The number of anilines is 1. The maximum absolute atomic E-state index is 14.0. The second-order valence-corrected chi connectivity index (χ2v) is 15.5. The molecule has 2 unspecified atom stereocenters. The predicted molar refractivity (Wildman–Crippen MR) is 202 cm³/mol. The first-order chi connectivity index (χ1) is 23.3. The van der Waals surface area contributed by atoms with Crippen molar-refractivity contribution in [1.29, 1.82) is 0 Å². The van der Waals surface area contributed by atoms with Crippen LogP contribution >= 0.6 is 0 Å². The third-order valence-electron chi connectivity index (χ3n) is 11.3. The van der Waals surface area contributed by atoms with Gasteiger partial charge in [0.2, 0.25) is 5.36 Å². The number of nitrogens with zero attached hydrogens (tertiary/aromatic N) is 2. The summed E-state index contributed by atoms with van der Waals surface area (Å²) in [5, 5.41) is 2.16. The maximum atomic E-state index is 14.0. The molecule has 0 bridgehead atoms. The molecule has 3 heterocycles. The van der Waals surface area contributed by atoms with Gasteiger partial charge in [-0.15, -0.1) is 0 Å². The Kier molecular flexibility index (Phi) is 8.24. The average Bonchev–Trinajstić information content (AvgIpc) is 3.05. The van der Waals surface area contributed by atoms with Crippen LogP contribution in [0.25, 0.3) is 16.7 Å². The third-order valence-corrected chi connectivity index (χ3v) is 11.3. The topological polar surface area (TPSA) is 41.8 Å². The number of allylic oxidation sites excluding steroid dienone is 4. The minimum absolute atomic E-state index is 0.128. The number of benzene rings is 3. The summed E-state index contributed by atoms with van der Waals surface area (Å²) < 4.78 is 15.5. The van der Waals surface area contributed by atoms with Gasteiger partial charge in [0.15, 0.2) is 5.54 Å². The molecule has 4 aliphatic rings. The van der Waals surface area contributed by atoms with Crippen LogP contribution in [0.5, 0.6) is 11.5 Å². The van der Waals surface area contributed by atoms with Gasteiger partial charge in [-0.3, -0.25) is 0 Å². The molecule has 1 aliphatic carbocycles. The molecule has 3 aliphatic heterocycles. The highest BCUT2D eigenvalue weighted by atomic mass is 16.5. The second-order valence-electron chi connectivity index (χ2n) is 15.5. The van der Waals surface area contributed by atoms with E-state index in [1.54, 1.807) is 0 Å². The normalized spacial score (nSPS) is 21.4. The fourth-order valence-electron chi connectivity index (χ4n) is 8.86. The van der Waals surface area contributed by atoms with Crippen molar-refractivity contribution in [3.05, 3.63) is 111 Å². The van der Waals surface area contributed by atoms with Gasteiger partial charge in [-0.05, 0) is 107 Å². The Balaban J connectivity index is 1.48. The van der Waals surface area contributed by atoms with E-state index in [1.807, 2.05) is 18.2 Å². The molecule has 0 radical (unpaired) electrons. The summed E-state index contributed by atoms with van der Waals surface area (Å²) in [6.45, 7) is 22.3. The van der Waals surface area contributed by atoms with Gasteiger partial charge < -0.3 is 14.4 Å². The first-order valence-corrected chi connectivity index (χ1v) is 18.1. The van der Waals surface area contributed by atoms with Crippen LogP contribution in [-0.2, 0) is 4.74 Å². The molecule has 5 nitrogen and oxygen atoms in total. The molecule has 49 heavy (non-hydrogen) atoms. The van der Waals surface area contributed by atoms with Crippen LogP contribution in [-0.4, -0.2) is 36.7 Å². The molecule has 3 aromatic carbocycles. The van der Waals surface area contributed by atoms with Crippen molar-refractivity contribution >= 4 is 28.4 Å². The molecular formula is C44H51N2O3+. The van der Waals surface area contributed by atoms with Gasteiger partial charge in [-0.25, -0.2) is 9.37 Å². The van der Waals surface area contributed by atoms with Crippen molar-refractivity contribution in [2.45, 2.75) is 86.2 Å². The minimum Gasteiger partial charge on any atom is -0.462 e. The van der Waals surface area contributed by atoms with E-state index in [0.717, 1.165) is 59.3 Å². The highest BCUT2D eigenvalue weighted by Gasteiger charge is 2.36. The van der Waals surface area contributed by atoms with E-state index < -0.39 is 0 Å². The Hall–Kier alpha value is -4.38. The lowest BCUT2D eigenvalue weighted by molar-refractivity contribution is 0.0395. The van der Waals surface area contributed by atoms with Crippen LogP contribution in [0.4, 0.5) is 5.69 Å². The lowest BCUT2D eigenvalue weighted by atomic mass is 9.83. The molecule has 0 aromatic heterocycles. The summed E-state index contributed by atoms with van der Waals surface area (Å²) in [6, 6.07) is 17.0. The van der Waals surface area contributed by atoms with E-state index >= 15 is 0 Å². The smallest absolute Gasteiger partial charge is 0.338 e. The number of hydrogen-bond acceptors (Lipinski definition) is 4. The van der Waals surface area contributed by atoms with Crippen molar-refractivity contribution in [2.24, 2.45) is 11.8 Å². The predicted octanol–water partition coefficient (Wildman–Crippen LogP) is 8.53. The number of esters is 1. The van der Waals surface area contributed by atoms with Gasteiger partial charge in [0, 0.05) is 59.6 Å². The van der Waals surface area contributed by atoms with Gasteiger partial charge in [-0.1, -0.05) is 43.4 Å². The summed E-state index contributed by atoms with van der Waals surface area (Å²) in [5.41, 5.74) is 9.23. The van der Waals surface area contributed by atoms with E-state index in [4.69, 9.17) is 9.47 Å². The van der Waals surface area contributed by atoms with Crippen molar-refractivity contribution < 1.29 is 14.3 Å². The zero-order chi connectivity index (χ0) is 34.8. The van der Waals surface area contributed by atoms with Gasteiger partial charge in [-0.2, -0.15) is 0 Å². The van der Waals surface area contributed by atoms with E-state index in [1.165, 1.54) is 33.3 Å². The average molecular weight is 656 g/mol. The minimum atomic E-state index is -0.277. The molecule has 7 rings (SSSR count). The standard InChI is InChI=1S/C44H51N2O3/c1-10-45-37-22-39-35(20-33(37)28(4)24-43(45,6)7)41(31-18-14-15-19-32(31)42(47)48-26-30-17-13-12-16-27(30)3)36-21-34-29(5)25-44(8,9)46(11-2)38(34)23-40(36)49-39/h12-15,18-25,27,30H,10-11,16-17,26H2,1-9H3/q+1. The fraction of sp³-hybridized carbons (Fsp3) is 0.409. The molecule has 2 atom stereocenters. The van der Waals surface area contributed by atoms with Crippen molar-refractivity contribution in [3.8, 4) is 11.5 Å². The number of likely N-dealkylation sites (N-methyl/N-ethyl adjacent to an activating group) is 2. The Morgan fingerprint density at radius 2 is 1.63 bits per heavy atom. The largest absolute Gasteiger partial charge is 0.462 e. The Bertz CT molecular complexity index is 2090. The van der Waals surface area contributed by atoms with Crippen LogP contribution < -0.4 is 24.8 Å². The Labute approximate surface area is 292 Å². The first-order valence-electron chi connectivity index (χ1n) is 18.1. The second kappa shape index (κ2) is 12.2. The molecule has 3 aromatic rings. The number of ether oxygens (including phenoxy) is 2. The molecule has 0 saturated carbocycles. The van der Waals surface area contributed by atoms with Gasteiger partial charge in [0.25, 0.3) is 0 Å². The summed E-state index contributed by atoms with van der Waals surface area (Å²) in [6.07, 6.45) is 11.1. The van der Waals surface area contributed by atoms with Crippen LogP contribution in [0.1, 0.15) is 108 Å². The van der Waals surface area contributed by atoms with Crippen LogP contribution in [0.2, 0.25) is 0 Å². The Morgan fingerprint density at radius 3 is 2.37 bits per heavy atom. The van der Waals surface area contributed by atoms with Crippen molar-refractivity contribution in [1.82, 2.24) is 4.58 Å². The van der Waals surface area contributed by atoms with Gasteiger partial charge in [0.05, 0.1) is 23.8 Å². The van der Waals surface area contributed by atoms with Gasteiger partial charge in [0.1, 0.15) is 18.0 Å². The maximum Gasteiger partial charge on any atom is 0.338 e. The highest BCUT2D eigenvalue weighted by molar-refractivity contribution is 6.00. The number of carbonyl (C=O) groups excluding carboxylic acids is 1. The van der Waals surface area contributed by atoms with Gasteiger partial charge >= 0.3 is 5.97 Å². The molecule has 0 N–H and O–H groups in total. The first kappa shape index (κ1) is 33.1. The van der Waals surface area contributed by atoms with E-state index in [-0.39, 0.29) is 17.0 Å². The fourth-order valence-corrected chi connectivity index (χ4v) is 8.86. The molecular weight excluding hydrogens is 604 g/mol. The van der Waals surface area contributed by atoms with Crippen LogP contribution in [0.3, 0.4) is 0 Å². The summed E-state index contributed by atoms with van der Waals surface area (Å²) in [4.78, 5) is 16.5.